The molecule has 1 rings (SSSR count). The highest BCUT2D eigenvalue weighted by Gasteiger charge is 2.13. The summed E-state index contributed by atoms with van der Waals surface area (Å²) in [5, 5.41) is 8.89. The lowest BCUT2D eigenvalue weighted by atomic mass is 10.1. The molecule has 1 aromatic rings. The van der Waals surface area contributed by atoms with E-state index in [2.05, 4.69) is 13.8 Å². The third-order valence-electron chi connectivity index (χ3n) is 2.57. The molecule has 0 aliphatic heterocycles. The zero-order chi connectivity index (χ0) is 13.7. The second-order valence-electron chi connectivity index (χ2n) is 4.60. The maximum absolute atomic E-state index is 13.1. The molecule has 0 unspecified atom stereocenters. The van der Waals surface area contributed by atoms with Crippen LogP contribution in [0.3, 0.4) is 0 Å². The van der Waals surface area contributed by atoms with Crippen molar-refractivity contribution in [3.63, 3.8) is 0 Å². The Labute approximate surface area is 111 Å². The zero-order valence-corrected chi connectivity index (χ0v) is 11.2. The van der Waals surface area contributed by atoms with E-state index in [0.29, 0.717) is 18.2 Å². The molecule has 0 saturated heterocycles. The lowest BCUT2D eigenvalue weighted by Gasteiger charge is -2.24. The Morgan fingerprint density at radius 3 is 2.67 bits per heavy atom. The third kappa shape index (κ3) is 4.53. The first-order valence-corrected chi connectivity index (χ1v) is 6.19. The number of halogens is 2. The van der Waals surface area contributed by atoms with Crippen molar-refractivity contribution in [1.82, 2.24) is 0 Å². The van der Waals surface area contributed by atoms with Crippen LogP contribution in [0.4, 0.5) is 10.1 Å². The summed E-state index contributed by atoms with van der Waals surface area (Å²) in [7, 11) is 0. The number of carbonyl (C=O) groups is 1. The van der Waals surface area contributed by atoms with E-state index in [9.17, 15) is 9.18 Å². The summed E-state index contributed by atoms with van der Waals surface area (Å²) in [6.45, 7) is 4.62. The van der Waals surface area contributed by atoms with E-state index < -0.39 is 11.8 Å². The molecule has 100 valence electrons. The molecule has 5 heteroatoms. The molecular weight excluding hydrogens is 257 g/mol. The number of hydrogen-bond acceptors (Lipinski definition) is 2. The molecule has 0 atom stereocenters. The molecule has 0 aliphatic carbocycles. The van der Waals surface area contributed by atoms with Gasteiger partial charge in [0.25, 0.3) is 0 Å². The minimum atomic E-state index is -0.917. The van der Waals surface area contributed by atoms with E-state index in [-0.39, 0.29) is 11.6 Å². The Morgan fingerprint density at radius 2 is 2.17 bits per heavy atom. The van der Waals surface area contributed by atoms with Crippen LogP contribution in [-0.4, -0.2) is 24.2 Å². The molecule has 0 aromatic heterocycles. The number of nitrogens with zero attached hydrogens (tertiary/aromatic N) is 1. The van der Waals surface area contributed by atoms with Crippen molar-refractivity contribution in [2.45, 2.75) is 20.3 Å². The normalized spacial score (nSPS) is 10.7. The van der Waals surface area contributed by atoms with E-state index in [4.69, 9.17) is 16.7 Å². The Hall–Kier alpha value is -1.29. The number of anilines is 1. The van der Waals surface area contributed by atoms with Gasteiger partial charge in [-0.1, -0.05) is 25.4 Å². The van der Waals surface area contributed by atoms with Crippen molar-refractivity contribution in [2.75, 3.05) is 18.0 Å². The number of hydrogen-bond donors (Lipinski definition) is 1. The predicted molar refractivity (Wildman–Crippen MR) is 70.7 cm³/mol. The van der Waals surface area contributed by atoms with Crippen molar-refractivity contribution < 1.29 is 14.3 Å². The van der Waals surface area contributed by atoms with E-state index in [1.807, 2.05) is 0 Å². The van der Waals surface area contributed by atoms with Crippen LogP contribution in [0.1, 0.15) is 20.3 Å². The molecule has 0 saturated carbocycles. The molecular formula is C13H17ClFNO2. The fraction of sp³-hybridized carbons (Fsp3) is 0.462. The number of rotatable bonds is 6. The fourth-order valence-electron chi connectivity index (χ4n) is 1.56. The molecule has 0 heterocycles. The van der Waals surface area contributed by atoms with Gasteiger partial charge >= 0.3 is 5.97 Å². The van der Waals surface area contributed by atoms with Gasteiger partial charge in [-0.2, -0.15) is 0 Å². The zero-order valence-electron chi connectivity index (χ0n) is 10.5. The molecule has 0 radical (unpaired) electrons. The highest BCUT2D eigenvalue weighted by molar-refractivity contribution is 6.31. The van der Waals surface area contributed by atoms with Crippen LogP contribution in [0.5, 0.6) is 0 Å². The quantitative estimate of drug-likeness (QED) is 0.863. The third-order valence-corrected chi connectivity index (χ3v) is 2.86. The van der Waals surface area contributed by atoms with Gasteiger partial charge in [0.05, 0.1) is 5.02 Å². The van der Waals surface area contributed by atoms with Crippen LogP contribution < -0.4 is 4.90 Å². The van der Waals surface area contributed by atoms with Crippen molar-refractivity contribution in [1.29, 1.82) is 0 Å². The van der Waals surface area contributed by atoms with E-state index in [1.165, 1.54) is 12.1 Å². The monoisotopic (exact) mass is 273 g/mol. The highest BCUT2D eigenvalue weighted by Crippen LogP contribution is 2.23. The first kappa shape index (κ1) is 14.8. The van der Waals surface area contributed by atoms with Gasteiger partial charge in [0.1, 0.15) is 12.4 Å². The van der Waals surface area contributed by atoms with Gasteiger partial charge in [-0.25, -0.2) is 4.39 Å². The van der Waals surface area contributed by atoms with Gasteiger partial charge in [-0.05, 0) is 30.5 Å². The summed E-state index contributed by atoms with van der Waals surface area (Å²) in [6.07, 6.45) is 0.863. The summed E-state index contributed by atoms with van der Waals surface area (Å²) in [5.74, 6) is -0.948. The summed E-state index contributed by atoms with van der Waals surface area (Å²) in [5.41, 5.74) is 0.629. The lowest BCUT2D eigenvalue weighted by Crippen LogP contribution is -2.31. The first-order chi connectivity index (χ1) is 8.40. The molecule has 1 N–H and O–H groups in total. The van der Waals surface area contributed by atoms with Crippen molar-refractivity contribution >= 4 is 23.3 Å². The molecule has 0 fully saturated rings. The van der Waals surface area contributed by atoms with Gasteiger partial charge in [0.15, 0.2) is 0 Å². The van der Waals surface area contributed by atoms with Crippen LogP contribution >= 0.6 is 11.6 Å². The van der Waals surface area contributed by atoms with Crippen LogP contribution in [0.2, 0.25) is 5.02 Å². The summed E-state index contributed by atoms with van der Waals surface area (Å²) >= 11 is 5.71. The molecule has 0 aliphatic rings. The smallest absolute Gasteiger partial charge is 0.323 e. The predicted octanol–water partition coefficient (Wildman–Crippen LogP) is 3.42. The molecule has 0 spiro atoms. The number of aliphatic carboxylic acids is 1. The SMILES string of the molecule is CC(C)CCN(CC(=O)O)c1ccc(F)c(Cl)c1. The molecule has 1 aromatic carbocycles. The Bertz CT molecular complexity index is 423. The van der Waals surface area contributed by atoms with E-state index in [1.54, 1.807) is 11.0 Å². The number of carboxylic acids is 1. The van der Waals surface area contributed by atoms with E-state index in [0.717, 1.165) is 6.42 Å². The van der Waals surface area contributed by atoms with Crippen molar-refractivity contribution in [2.24, 2.45) is 5.92 Å². The number of carboxylic acid groups (broad SMARTS) is 1. The Balaban J connectivity index is 2.86. The van der Waals surface area contributed by atoms with Gasteiger partial charge in [0.2, 0.25) is 0 Å². The first-order valence-electron chi connectivity index (χ1n) is 5.82. The fourth-order valence-corrected chi connectivity index (χ4v) is 1.73. The molecule has 3 nitrogen and oxygen atoms in total. The van der Waals surface area contributed by atoms with Gasteiger partial charge < -0.3 is 10.0 Å². The average molecular weight is 274 g/mol. The van der Waals surface area contributed by atoms with Crippen molar-refractivity contribution in [3.8, 4) is 0 Å². The second kappa shape index (κ2) is 6.59. The molecule has 0 bridgehead atoms. The lowest BCUT2D eigenvalue weighted by molar-refractivity contribution is -0.135. The maximum atomic E-state index is 13.1. The van der Waals surface area contributed by atoms with Crippen LogP contribution in [0, 0.1) is 11.7 Å². The summed E-state index contributed by atoms with van der Waals surface area (Å²) in [4.78, 5) is 12.5. The molecule has 0 amide bonds. The summed E-state index contributed by atoms with van der Waals surface area (Å²) < 4.78 is 13.1. The van der Waals surface area contributed by atoms with Crippen LogP contribution in [-0.2, 0) is 4.79 Å². The summed E-state index contributed by atoms with van der Waals surface area (Å²) in [6, 6.07) is 4.26. The van der Waals surface area contributed by atoms with Crippen LogP contribution in [0.25, 0.3) is 0 Å². The maximum Gasteiger partial charge on any atom is 0.323 e. The second-order valence-corrected chi connectivity index (χ2v) is 5.00. The largest absolute Gasteiger partial charge is 0.480 e. The van der Waals surface area contributed by atoms with Gasteiger partial charge in [0, 0.05) is 12.2 Å². The van der Waals surface area contributed by atoms with Gasteiger partial charge in [-0.3, -0.25) is 4.79 Å². The number of benzene rings is 1. The Kier molecular flexibility index (Phi) is 5.41. The molecule has 18 heavy (non-hydrogen) atoms. The van der Waals surface area contributed by atoms with Crippen LogP contribution in [0.15, 0.2) is 18.2 Å². The highest BCUT2D eigenvalue weighted by atomic mass is 35.5. The van der Waals surface area contributed by atoms with Gasteiger partial charge in [-0.15, -0.1) is 0 Å². The minimum Gasteiger partial charge on any atom is -0.480 e. The van der Waals surface area contributed by atoms with E-state index >= 15 is 0 Å². The topological polar surface area (TPSA) is 40.5 Å². The van der Waals surface area contributed by atoms with Crippen molar-refractivity contribution in [3.05, 3.63) is 29.0 Å². The standard InChI is InChI=1S/C13H17ClFNO2/c1-9(2)5-6-16(8-13(17)18)10-3-4-12(15)11(14)7-10/h3-4,7,9H,5-6,8H2,1-2H3,(H,17,18). The Morgan fingerprint density at radius 1 is 1.50 bits per heavy atom. The average Bonchev–Trinajstić information content (AvgIpc) is 2.27. The minimum absolute atomic E-state index is 0.00688.